The van der Waals surface area contributed by atoms with Crippen molar-refractivity contribution in [3.8, 4) is 0 Å². The molecule has 1 aliphatic carbocycles. The number of carbonyl (C=O) groups excluding carboxylic acids is 1. The lowest BCUT2D eigenvalue weighted by atomic mass is 9.77. The van der Waals surface area contributed by atoms with E-state index in [0.29, 0.717) is 32.6 Å². The standard InChI is InChI=1S/C16H27NO4/c1-2-3-11-21-12-10-17-14(18)13-16(15(19)20)8-6-4-5-7-9-16/h2H,1,3-13H2,(H,17,18)(H,19,20). The maximum atomic E-state index is 12.0. The van der Waals surface area contributed by atoms with Gasteiger partial charge in [-0.1, -0.05) is 31.8 Å². The van der Waals surface area contributed by atoms with Crippen molar-refractivity contribution in [1.82, 2.24) is 5.32 Å². The molecule has 1 amide bonds. The van der Waals surface area contributed by atoms with Gasteiger partial charge in [-0.3, -0.25) is 9.59 Å². The number of ether oxygens (including phenoxy) is 1. The first-order valence-electron chi connectivity index (χ1n) is 7.79. The molecule has 0 spiro atoms. The second-order valence-corrected chi connectivity index (χ2v) is 5.72. The van der Waals surface area contributed by atoms with Gasteiger partial charge in [0.1, 0.15) is 0 Å². The number of nitrogens with one attached hydrogen (secondary N) is 1. The molecule has 5 heteroatoms. The van der Waals surface area contributed by atoms with Crippen molar-refractivity contribution in [2.45, 2.75) is 51.4 Å². The van der Waals surface area contributed by atoms with Crippen LogP contribution in [0.3, 0.4) is 0 Å². The summed E-state index contributed by atoms with van der Waals surface area (Å²) in [6.07, 6.45) is 7.76. The van der Waals surface area contributed by atoms with E-state index in [-0.39, 0.29) is 12.3 Å². The van der Waals surface area contributed by atoms with Crippen molar-refractivity contribution in [3.05, 3.63) is 12.7 Å². The van der Waals surface area contributed by atoms with E-state index in [1.165, 1.54) is 0 Å². The minimum atomic E-state index is -0.871. The minimum absolute atomic E-state index is 0.0784. The fraction of sp³-hybridized carbons (Fsp3) is 0.750. The Hall–Kier alpha value is -1.36. The lowest BCUT2D eigenvalue weighted by molar-refractivity contribution is -0.152. The zero-order valence-corrected chi connectivity index (χ0v) is 12.7. The highest BCUT2D eigenvalue weighted by Gasteiger charge is 2.40. The Morgan fingerprint density at radius 1 is 1.19 bits per heavy atom. The van der Waals surface area contributed by atoms with Crippen LogP contribution < -0.4 is 5.32 Å². The molecule has 0 heterocycles. The summed E-state index contributed by atoms with van der Waals surface area (Å²) in [6.45, 7) is 5.06. The van der Waals surface area contributed by atoms with Crippen LogP contribution in [0.15, 0.2) is 12.7 Å². The topological polar surface area (TPSA) is 75.6 Å². The van der Waals surface area contributed by atoms with Gasteiger partial charge in [-0.2, -0.15) is 0 Å². The van der Waals surface area contributed by atoms with E-state index in [1.807, 2.05) is 0 Å². The summed E-state index contributed by atoms with van der Waals surface area (Å²) in [5, 5.41) is 12.3. The normalized spacial score (nSPS) is 17.7. The van der Waals surface area contributed by atoms with Crippen molar-refractivity contribution in [2.24, 2.45) is 5.41 Å². The van der Waals surface area contributed by atoms with Gasteiger partial charge in [0.15, 0.2) is 0 Å². The van der Waals surface area contributed by atoms with E-state index in [4.69, 9.17) is 4.74 Å². The van der Waals surface area contributed by atoms with Crippen LogP contribution in [-0.4, -0.2) is 36.7 Å². The third kappa shape index (κ3) is 6.29. The third-order valence-electron chi connectivity index (χ3n) is 4.05. The van der Waals surface area contributed by atoms with Crippen molar-refractivity contribution in [3.63, 3.8) is 0 Å². The predicted molar refractivity (Wildman–Crippen MR) is 81.0 cm³/mol. The molecular weight excluding hydrogens is 270 g/mol. The summed E-state index contributed by atoms with van der Waals surface area (Å²) in [4.78, 5) is 23.6. The van der Waals surface area contributed by atoms with Gasteiger partial charge in [0, 0.05) is 13.0 Å². The molecule has 0 aromatic carbocycles. The van der Waals surface area contributed by atoms with Crippen LogP contribution in [-0.2, 0) is 14.3 Å². The molecule has 1 aliphatic rings. The lowest BCUT2D eigenvalue weighted by Crippen LogP contribution is -2.38. The third-order valence-corrected chi connectivity index (χ3v) is 4.05. The van der Waals surface area contributed by atoms with Crippen LogP contribution in [0.2, 0.25) is 0 Å². The van der Waals surface area contributed by atoms with Gasteiger partial charge in [0.2, 0.25) is 5.91 Å². The Balaban J connectivity index is 2.35. The largest absolute Gasteiger partial charge is 0.481 e. The Morgan fingerprint density at radius 2 is 1.86 bits per heavy atom. The quantitative estimate of drug-likeness (QED) is 0.389. The maximum Gasteiger partial charge on any atom is 0.310 e. The number of carbonyl (C=O) groups is 2. The summed E-state index contributed by atoms with van der Waals surface area (Å²) in [5.74, 6) is -1.02. The van der Waals surface area contributed by atoms with Gasteiger partial charge in [-0.05, 0) is 19.3 Å². The van der Waals surface area contributed by atoms with E-state index in [1.54, 1.807) is 6.08 Å². The predicted octanol–water partition coefficient (Wildman–Crippen LogP) is 2.51. The molecular formula is C16H27NO4. The first-order chi connectivity index (χ1) is 10.1. The van der Waals surface area contributed by atoms with Gasteiger partial charge in [0.05, 0.1) is 18.6 Å². The molecule has 1 fully saturated rings. The Morgan fingerprint density at radius 3 is 2.43 bits per heavy atom. The van der Waals surface area contributed by atoms with Crippen LogP contribution in [0.4, 0.5) is 0 Å². The molecule has 0 aromatic heterocycles. The summed E-state index contributed by atoms with van der Waals surface area (Å²) >= 11 is 0. The molecule has 5 nitrogen and oxygen atoms in total. The number of hydrogen-bond acceptors (Lipinski definition) is 3. The van der Waals surface area contributed by atoms with Crippen LogP contribution >= 0.6 is 0 Å². The summed E-state index contributed by atoms with van der Waals surface area (Å²) in [7, 11) is 0. The number of amides is 1. The highest BCUT2D eigenvalue weighted by atomic mass is 16.5. The van der Waals surface area contributed by atoms with Crippen molar-refractivity contribution < 1.29 is 19.4 Å². The van der Waals surface area contributed by atoms with Gasteiger partial charge >= 0.3 is 5.97 Å². The lowest BCUT2D eigenvalue weighted by Gasteiger charge is -2.27. The second-order valence-electron chi connectivity index (χ2n) is 5.72. The molecule has 0 atom stereocenters. The highest BCUT2D eigenvalue weighted by Crippen LogP contribution is 2.38. The van der Waals surface area contributed by atoms with Crippen LogP contribution in [0.1, 0.15) is 51.4 Å². The molecule has 0 aromatic rings. The molecule has 1 rings (SSSR count). The van der Waals surface area contributed by atoms with Crippen molar-refractivity contribution in [2.75, 3.05) is 19.8 Å². The average molecular weight is 297 g/mol. The zero-order valence-electron chi connectivity index (χ0n) is 12.7. The number of carboxylic acid groups (broad SMARTS) is 1. The fourth-order valence-electron chi connectivity index (χ4n) is 2.77. The average Bonchev–Trinajstić information content (AvgIpc) is 2.69. The number of aliphatic carboxylic acids is 1. The van der Waals surface area contributed by atoms with E-state index in [9.17, 15) is 14.7 Å². The fourth-order valence-corrected chi connectivity index (χ4v) is 2.77. The van der Waals surface area contributed by atoms with Gasteiger partial charge in [0.25, 0.3) is 0 Å². The molecule has 21 heavy (non-hydrogen) atoms. The van der Waals surface area contributed by atoms with E-state index in [0.717, 1.165) is 32.1 Å². The SMILES string of the molecule is C=CCCOCCNC(=O)CC1(C(=O)O)CCCCCC1. The molecule has 0 saturated heterocycles. The number of carboxylic acids is 1. The monoisotopic (exact) mass is 297 g/mol. The Bertz CT molecular complexity index is 346. The van der Waals surface area contributed by atoms with Crippen molar-refractivity contribution in [1.29, 1.82) is 0 Å². The molecule has 1 saturated carbocycles. The summed E-state index contributed by atoms with van der Waals surface area (Å²) in [6, 6.07) is 0. The number of rotatable bonds is 9. The molecule has 120 valence electrons. The Kier molecular flexibility index (Phi) is 8.05. The van der Waals surface area contributed by atoms with E-state index in [2.05, 4.69) is 11.9 Å². The zero-order chi connectivity index (χ0) is 15.6. The van der Waals surface area contributed by atoms with E-state index >= 15 is 0 Å². The molecule has 0 aliphatic heterocycles. The van der Waals surface area contributed by atoms with Gasteiger partial charge in [-0.25, -0.2) is 0 Å². The number of hydrogen-bond donors (Lipinski definition) is 2. The maximum absolute atomic E-state index is 12.0. The van der Waals surface area contributed by atoms with Crippen molar-refractivity contribution >= 4 is 11.9 Å². The van der Waals surface area contributed by atoms with E-state index < -0.39 is 11.4 Å². The molecule has 0 radical (unpaired) electrons. The Labute approximate surface area is 126 Å². The molecule has 2 N–H and O–H groups in total. The summed E-state index contributed by atoms with van der Waals surface area (Å²) < 4.78 is 5.30. The second kappa shape index (κ2) is 9.55. The molecule has 0 bridgehead atoms. The van der Waals surface area contributed by atoms with Crippen LogP contribution in [0.5, 0.6) is 0 Å². The van der Waals surface area contributed by atoms with Gasteiger partial charge < -0.3 is 15.2 Å². The van der Waals surface area contributed by atoms with Crippen LogP contribution in [0.25, 0.3) is 0 Å². The first-order valence-corrected chi connectivity index (χ1v) is 7.79. The summed E-state index contributed by atoms with van der Waals surface area (Å²) in [5.41, 5.74) is -0.871. The highest BCUT2D eigenvalue weighted by molar-refractivity contribution is 5.85. The van der Waals surface area contributed by atoms with Gasteiger partial charge in [-0.15, -0.1) is 6.58 Å². The smallest absolute Gasteiger partial charge is 0.310 e. The van der Waals surface area contributed by atoms with Crippen LogP contribution in [0, 0.1) is 5.41 Å². The first kappa shape index (κ1) is 17.7. The minimum Gasteiger partial charge on any atom is -0.481 e. The molecule has 0 unspecified atom stereocenters.